The molecular formula is C24H22N2O2S. The predicted octanol–water partition coefficient (Wildman–Crippen LogP) is 4.74. The van der Waals surface area contributed by atoms with Crippen LogP contribution in [0.3, 0.4) is 0 Å². The summed E-state index contributed by atoms with van der Waals surface area (Å²) in [5.74, 6) is -0.227. The van der Waals surface area contributed by atoms with Crippen molar-refractivity contribution < 1.29 is 9.59 Å². The molecular weight excluding hydrogens is 380 g/mol. The maximum absolute atomic E-state index is 13.0. The van der Waals surface area contributed by atoms with Gasteiger partial charge in [-0.2, -0.15) is 0 Å². The Morgan fingerprint density at radius 3 is 2.41 bits per heavy atom. The highest BCUT2D eigenvalue weighted by molar-refractivity contribution is 7.17. The average Bonchev–Trinajstić information content (AvgIpc) is 2.94. The number of carbonyl (C=O) groups is 2. The van der Waals surface area contributed by atoms with Gasteiger partial charge in [0.15, 0.2) is 5.78 Å². The summed E-state index contributed by atoms with van der Waals surface area (Å²) >= 11 is 1.55. The van der Waals surface area contributed by atoms with E-state index in [1.54, 1.807) is 16.2 Å². The summed E-state index contributed by atoms with van der Waals surface area (Å²) in [6.45, 7) is 6.14. The summed E-state index contributed by atoms with van der Waals surface area (Å²) in [6.07, 6.45) is 0. The highest BCUT2D eigenvalue weighted by Crippen LogP contribution is 2.38. The third kappa shape index (κ3) is 3.66. The first-order chi connectivity index (χ1) is 14.0. The molecule has 4 nitrogen and oxygen atoms in total. The molecule has 2 aromatic carbocycles. The fourth-order valence-electron chi connectivity index (χ4n) is 3.47. The van der Waals surface area contributed by atoms with Gasteiger partial charge in [-0.3, -0.25) is 19.5 Å². The highest BCUT2D eigenvalue weighted by Gasteiger charge is 2.30. The lowest BCUT2D eigenvalue weighted by atomic mass is 10.00. The molecule has 1 aliphatic heterocycles. The summed E-state index contributed by atoms with van der Waals surface area (Å²) in [6, 6.07) is 17.4. The second kappa shape index (κ2) is 7.76. The van der Waals surface area contributed by atoms with E-state index in [1.807, 2.05) is 68.4 Å². The molecule has 1 aromatic heterocycles. The molecule has 0 N–H and O–H groups in total. The van der Waals surface area contributed by atoms with Crippen LogP contribution in [0, 0.1) is 20.8 Å². The van der Waals surface area contributed by atoms with Crippen molar-refractivity contribution in [2.45, 2.75) is 20.8 Å². The van der Waals surface area contributed by atoms with E-state index in [4.69, 9.17) is 0 Å². The molecule has 5 heteroatoms. The van der Waals surface area contributed by atoms with Gasteiger partial charge in [0.25, 0.3) is 0 Å². The van der Waals surface area contributed by atoms with E-state index in [0.29, 0.717) is 5.56 Å². The van der Waals surface area contributed by atoms with Gasteiger partial charge in [-0.25, -0.2) is 0 Å². The number of benzene rings is 2. The monoisotopic (exact) mass is 402 g/mol. The molecule has 1 amide bonds. The van der Waals surface area contributed by atoms with Gasteiger partial charge in [-0.05, 0) is 26.3 Å². The van der Waals surface area contributed by atoms with Crippen molar-refractivity contribution >= 4 is 33.7 Å². The lowest BCUT2D eigenvalue weighted by Crippen LogP contribution is -2.36. The zero-order valence-electron chi connectivity index (χ0n) is 16.7. The molecule has 1 aliphatic rings. The number of Topliss-reactive ketones (excluding diaryl/α,β-unsaturated/α-hetero) is 1. The number of aryl methyl sites for hydroxylation is 2. The quantitative estimate of drug-likeness (QED) is 0.592. The first-order valence-corrected chi connectivity index (χ1v) is 10.4. The minimum Gasteiger partial charge on any atom is -0.294 e. The van der Waals surface area contributed by atoms with Crippen LogP contribution in [0.15, 0.2) is 59.6 Å². The van der Waals surface area contributed by atoms with Crippen molar-refractivity contribution in [1.29, 1.82) is 0 Å². The molecule has 0 unspecified atom stereocenters. The van der Waals surface area contributed by atoms with E-state index in [9.17, 15) is 9.59 Å². The van der Waals surface area contributed by atoms with Gasteiger partial charge < -0.3 is 0 Å². The fourth-order valence-corrected chi connectivity index (χ4v) is 4.64. The number of thiophene rings is 1. The summed E-state index contributed by atoms with van der Waals surface area (Å²) < 4.78 is 0. The van der Waals surface area contributed by atoms with Crippen molar-refractivity contribution in [3.05, 3.63) is 87.3 Å². The number of aliphatic imine (C=N–C) groups is 1. The molecule has 146 valence electrons. The average molecular weight is 403 g/mol. The van der Waals surface area contributed by atoms with Crippen LogP contribution in [0.1, 0.15) is 37.5 Å². The van der Waals surface area contributed by atoms with Gasteiger partial charge in [0.05, 0.1) is 12.3 Å². The maximum Gasteiger partial charge on any atom is 0.249 e. The normalized spacial score (nSPS) is 13.7. The van der Waals surface area contributed by atoms with E-state index < -0.39 is 0 Å². The van der Waals surface area contributed by atoms with Crippen molar-refractivity contribution in [3.63, 3.8) is 0 Å². The third-order valence-corrected chi connectivity index (χ3v) is 6.47. The first-order valence-electron chi connectivity index (χ1n) is 9.56. The Morgan fingerprint density at radius 2 is 1.72 bits per heavy atom. The van der Waals surface area contributed by atoms with Crippen molar-refractivity contribution in [2.24, 2.45) is 4.99 Å². The van der Waals surface area contributed by atoms with Crippen molar-refractivity contribution in [1.82, 2.24) is 0 Å². The number of fused-ring (bicyclic) bond motifs is 1. The van der Waals surface area contributed by atoms with Crippen LogP contribution < -0.4 is 4.90 Å². The molecule has 0 aliphatic carbocycles. The molecule has 0 saturated carbocycles. The van der Waals surface area contributed by atoms with Crippen molar-refractivity contribution in [3.8, 4) is 0 Å². The Hall–Kier alpha value is -3.05. The Kier molecular flexibility index (Phi) is 5.16. The molecule has 0 saturated heterocycles. The maximum atomic E-state index is 13.0. The number of anilines is 1. The standard InChI is InChI=1S/C24H22N2O2S/c1-15-9-11-18(12-10-15)20(27)14-26-21(28)13-25-23(19-7-5-4-6-8-19)22-16(2)17(3)29-24(22)26/h4-12H,13-14H2,1-3H3. The molecule has 0 fully saturated rings. The molecule has 29 heavy (non-hydrogen) atoms. The van der Waals surface area contributed by atoms with E-state index >= 15 is 0 Å². The molecule has 4 rings (SSSR count). The minimum absolute atomic E-state index is 0.0197. The Balaban J connectivity index is 1.76. The molecule has 0 atom stereocenters. The van der Waals surface area contributed by atoms with Crippen LogP contribution in [0.25, 0.3) is 0 Å². The van der Waals surface area contributed by atoms with Gasteiger partial charge in [-0.15, -0.1) is 11.3 Å². The zero-order chi connectivity index (χ0) is 20.5. The van der Waals surface area contributed by atoms with E-state index in [-0.39, 0.29) is 24.8 Å². The van der Waals surface area contributed by atoms with Crippen LogP contribution in [0.5, 0.6) is 0 Å². The lowest BCUT2D eigenvalue weighted by molar-refractivity contribution is -0.117. The van der Waals surface area contributed by atoms with Gasteiger partial charge in [0.2, 0.25) is 5.91 Å². The van der Waals surface area contributed by atoms with Crippen LogP contribution in [0.2, 0.25) is 0 Å². The van der Waals surface area contributed by atoms with Gasteiger partial charge in [0, 0.05) is 21.6 Å². The number of ketones is 1. The van der Waals surface area contributed by atoms with Gasteiger partial charge in [-0.1, -0.05) is 60.2 Å². The van der Waals surface area contributed by atoms with E-state index in [1.165, 1.54) is 0 Å². The largest absolute Gasteiger partial charge is 0.294 e. The smallest absolute Gasteiger partial charge is 0.249 e. The second-order valence-electron chi connectivity index (χ2n) is 7.26. The van der Waals surface area contributed by atoms with E-state index in [0.717, 1.165) is 37.8 Å². The number of carbonyl (C=O) groups excluding carboxylic acids is 2. The Bertz CT molecular complexity index is 1110. The highest BCUT2D eigenvalue weighted by atomic mass is 32.1. The van der Waals surface area contributed by atoms with Crippen molar-refractivity contribution in [2.75, 3.05) is 18.0 Å². The summed E-state index contributed by atoms with van der Waals surface area (Å²) in [5, 5.41) is 0.811. The minimum atomic E-state index is -0.154. The van der Waals surface area contributed by atoms with Gasteiger partial charge >= 0.3 is 0 Å². The fraction of sp³-hybridized carbons (Fsp3) is 0.208. The topological polar surface area (TPSA) is 49.7 Å². The zero-order valence-corrected chi connectivity index (χ0v) is 17.5. The number of rotatable bonds is 4. The lowest BCUT2D eigenvalue weighted by Gasteiger charge is -2.20. The molecule has 3 aromatic rings. The Morgan fingerprint density at radius 1 is 1.03 bits per heavy atom. The number of hydrogen-bond donors (Lipinski definition) is 0. The molecule has 0 spiro atoms. The van der Waals surface area contributed by atoms with Crippen LogP contribution in [0.4, 0.5) is 5.00 Å². The number of hydrogen-bond acceptors (Lipinski definition) is 4. The predicted molar refractivity (Wildman–Crippen MR) is 119 cm³/mol. The summed E-state index contributed by atoms with van der Waals surface area (Å²) in [7, 11) is 0. The first kappa shape index (κ1) is 19.3. The summed E-state index contributed by atoms with van der Waals surface area (Å²) in [5.41, 5.74) is 5.58. The SMILES string of the molecule is Cc1ccc(C(=O)CN2C(=O)CN=C(c3ccccc3)c3c2sc(C)c3C)cc1. The molecule has 2 heterocycles. The van der Waals surface area contributed by atoms with E-state index in [2.05, 4.69) is 11.9 Å². The van der Waals surface area contributed by atoms with Crippen LogP contribution >= 0.6 is 11.3 Å². The molecule has 0 radical (unpaired) electrons. The third-order valence-electron chi connectivity index (χ3n) is 5.24. The van der Waals surface area contributed by atoms with Crippen LogP contribution in [-0.4, -0.2) is 30.5 Å². The van der Waals surface area contributed by atoms with Gasteiger partial charge in [0.1, 0.15) is 11.5 Å². The summed E-state index contributed by atoms with van der Waals surface area (Å²) in [4.78, 5) is 33.3. The Labute approximate surface area is 174 Å². The molecule has 0 bridgehead atoms. The van der Waals surface area contributed by atoms with Crippen LogP contribution in [-0.2, 0) is 4.79 Å². The number of nitrogens with zero attached hydrogens (tertiary/aromatic N) is 2. The second-order valence-corrected chi connectivity index (χ2v) is 8.47. The number of amides is 1.